The Morgan fingerprint density at radius 1 is 1.09 bits per heavy atom. The fraction of sp³-hybridized carbons (Fsp3) is 0.412. The second-order valence-corrected chi connectivity index (χ2v) is 12.0. The minimum atomic E-state index is -0.635. The van der Waals surface area contributed by atoms with Crippen molar-refractivity contribution in [2.24, 2.45) is 7.05 Å². The second kappa shape index (κ2) is 14.3. The molecule has 2 amide bonds. The average molecular weight is 645 g/mol. The molecule has 0 bridgehead atoms. The van der Waals surface area contributed by atoms with E-state index in [1.807, 2.05) is 62.4 Å². The first kappa shape index (κ1) is 32.1. The van der Waals surface area contributed by atoms with Gasteiger partial charge in [-0.2, -0.15) is 10.2 Å². The second-order valence-electron chi connectivity index (χ2n) is 12.0. The molecular formula is C34H40N6O7. The molecule has 3 N–H and O–H groups in total. The number of nitrogens with one attached hydrogen (secondary N) is 3. The van der Waals surface area contributed by atoms with Gasteiger partial charge in [0, 0.05) is 36.3 Å². The van der Waals surface area contributed by atoms with Gasteiger partial charge in [0.1, 0.15) is 29.9 Å². The van der Waals surface area contributed by atoms with Crippen molar-refractivity contribution < 1.29 is 33.3 Å². The highest BCUT2D eigenvalue weighted by Gasteiger charge is 2.31. The summed E-state index contributed by atoms with van der Waals surface area (Å²) in [6.45, 7) is 5.03. The molecule has 0 spiro atoms. The molecule has 6 rings (SSSR count). The molecule has 2 fully saturated rings. The number of alkyl carbamates (subject to hydrolysis) is 1. The number of aromatic amines is 1. The number of methoxy groups -OCH3 is 1. The highest BCUT2D eigenvalue weighted by molar-refractivity contribution is 6.03. The Morgan fingerprint density at radius 2 is 1.87 bits per heavy atom. The highest BCUT2D eigenvalue weighted by atomic mass is 16.7. The first-order chi connectivity index (χ1) is 22.8. The van der Waals surface area contributed by atoms with Crippen LogP contribution in [0.5, 0.6) is 11.5 Å². The van der Waals surface area contributed by atoms with E-state index in [1.54, 1.807) is 20.2 Å². The summed E-state index contributed by atoms with van der Waals surface area (Å²) in [5, 5.41) is 17.7. The summed E-state index contributed by atoms with van der Waals surface area (Å²) in [6, 6.07) is 16.9. The van der Waals surface area contributed by atoms with Gasteiger partial charge in [0.25, 0.3) is 5.91 Å². The number of hydrogen-bond acceptors (Lipinski definition) is 9. The smallest absolute Gasteiger partial charge is 0.407 e. The largest absolute Gasteiger partial charge is 0.497 e. The monoisotopic (exact) mass is 644 g/mol. The third-order valence-corrected chi connectivity index (χ3v) is 8.21. The van der Waals surface area contributed by atoms with E-state index in [0.29, 0.717) is 54.8 Å². The molecule has 2 atom stereocenters. The van der Waals surface area contributed by atoms with Gasteiger partial charge in [-0.05, 0) is 62.9 Å². The Kier molecular flexibility index (Phi) is 9.73. The van der Waals surface area contributed by atoms with E-state index in [4.69, 9.17) is 23.7 Å². The molecule has 248 valence electrons. The Morgan fingerprint density at radius 3 is 2.62 bits per heavy atom. The maximum absolute atomic E-state index is 13.4. The molecule has 1 aliphatic heterocycles. The van der Waals surface area contributed by atoms with Crippen LogP contribution in [0.3, 0.4) is 0 Å². The van der Waals surface area contributed by atoms with Gasteiger partial charge in [-0.3, -0.25) is 14.6 Å². The maximum atomic E-state index is 13.4. The Balaban J connectivity index is 1.15. The number of carbonyl (C=O) groups excluding carboxylic acids is 2. The van der Waals surface area contributed by atoms with Crippen LogP contribution in [0, 0.1) is 0 Å². The minimum absolute atomic E-state index is 0.0151. The zero-order chi connectivity index (χ0) is 32.9. The lowest BCUT2D eigenvalue weighted by Gasteiger charge is -2.19. The van der Waals surface area contributed by atoms with Crippen molar-refractivity contribution in [3.8, 4) is 22.8 Å². The van der Waals surface area contributed by atoms with Crippen LogP contribution in [0.25, 0.3) is 11.3 Å². The van der Waals surface area contributed by atoms with Crippen LogP contribution in [0.15, 0.2) is 54.6 Å². The molecule has 0 radical (unpaired) electrons. The maximum Gasteiger partial charge on any atom is 0.407 e. The van der Waals surface area contributed by atoms with Crippen LogP contribution in [0.4, 0.5) is 10.6 Å². The minimum Gasteiger partial charge on any atom is -0.497 e. The molecule has 2 aromatic heterocycles. The van der Waals surface area contributed by atoms with Crippen LogP contribution in [0.1, 0.15) is 72.6 Å². The van der Waals surface area contributed by atoms with Crippen LogP contribution in [0.2, 0.25) is 0 Å². The van der Waals surface area contributed by atoms with Crippen molar-refractivity contribution in [3.05, 3.63) is 77.1 Å². The molecule has 3 heterocycles. The third-order valence-electron chi connectivity index (χ3n) is 8.21. The van der Waals surface area contributed by atoms with Gasteiger partial charge in [-0.1, -0.05) is 24.3 Å². The number of nitrogens with zero attached hydrogens (tertiary/aromatic N) is 3. The van der Waals surface area contributed by atoms with Gasteiger partial charge in [0.05, 0.1) is 31.6 Å². The normalized spacial score (nSPS) is 18.0. The Hall–Kier alpha value is -4.88. The summed E-state index contributed by atoms with van der Waals surface area (Å²) >= 11 is 0. The number of amides is 2. The van der Waals surface area contributed by atoms with E-state index in [9.17, 15) is 9.59 Å². The van der Waals surface area contributed by atoms with Crippen LogP contribution >= 0.6 is 0 Å². The lowest BCUT2D eigenvalue weighted by Crippen LogP contribution is -2.33. The molecule has 1 saturated heterocycles. The Labute approximate surface area is 272 Å². The molecule has 47 heavy (non-hydrogen) atoms. The number of ether oxygens (including phenoxy) is 5. The number of benzene rings is 2. The SMILES string of the molecule is COc1ccc(COc2cccc(-c3cc(C(=O)Nc4cc([C@H]5CC[C@@H](OC(=O)NC(C)C)C5)[nH]n4)n(C)n3)c2C2OCCO2)cc1. The summed E-state index contributed by atoms with van der Waals surface area (Å²) in [4.78, 5) is 25.4. The van der Waals surface area contributed by atoms with Gasteiger partial charge >= 0.3 is 6.09 Å². The number of rotatable bonds is 11. The predicted molar refractivity (Wildman–Crippen MR) is 172 cm³/mol. The van der Waals surface area contributed by atoms with Crippen LogP contribution < -0.4 is 20.1 Å². The van der Waals surface area contributed by atoms with Crippen molar-refractivity contribution in [2.45, 2.75) is 64.1 Å². The number of aromatic nitrogens is 4. The molecule has 13 nitrogen and oxygen atoms in total. The van der Waals surface area contributed by atoms with Gasteiger partial charge in [-0.25, -0.2) is 4.79 Å². The van der Waals surface area contributed by atoms with Crippen molar-refractivity contribution in [3.63, 3.8) is 0 Å². The molecule has 13 heteroatoms. The summed E-state index contributed by atoms with van der Waals surface area (Å²) in [5.41, 5.74) is 4.22. The number of aryl methyl sites for hydroxylation is 1. The van der Waals surface area contributed by atoms with E-state index in [-0.39, 0.29) is 24.0 Å². The lowest BCUT2D eigenvalue weighted by molar-refractivity contribution is -0.0454. The van der Waals surface area contributed by atoms with E-state index in [1.165, 1.54) is 4.68 Å². The van der Waals surface area contributed by atoms with E-state index >= 15 is 0 Å². The zero-order valence-corrected chi connectivity index (χ0v) is 26.9. The molecule has 4 aromatic rings. The van der Waals surface area contributed by atoms with Gasteiger partial charge in [-0.15, -0.1) is 0 Å². The van der Waals surface area contributed by atoms with Gasteiger partial charge < -0.3 is 34.3 Å². The Bertz CT molecular complexity index is 1690. The highest BCUT2D eigenvalue weighted by Crippen LogP contribution is 2.40. The van der Waals surface area contributed by atoms with Crippen molar-refractivity contribution >= 4 is 17.8 Å². The topological polar surface area (TPSA) is 151 Å². The summed E-state index contributed by atoms with van der Waals surface area (Å²) in [5.74, 6) is 1.56. The van der Waals surface area contributed by atoms with Crippen LogP contribution in [-0.4, -0.2) is 64.4 Å². The number of carbonyl (C=O) groups is 2. The molecule has 1 aliphatic carbocycles. The van der Waals surface area contributed by atoms with Crippen molar-refractivity contribution in [1.82, 2.24) is 25.3 Å². The van der Waals surface area contributed by atoms with Gasteiger partial charge in [0.2, 0.25) is 0 Å². The van der Waals surface area contributed by atoms with E-state index in [0.717, 1.165) is 35.4 Å². The molecule has 0 unspecified atom stereocenters. The predicted octanol–water partition coefficient (Wildman–Crippen LogP) is 5.47. The number of H-pyrrole nitrogens is 1. The molecule has 1 saturated carbocycles. The lowest BCUT2D eigenvalue weighted by atomic mass is 10.0. The number of hydrogen-bond donors (Lipinski definition) is 3. The number of anilines is 1. The van der Waals surface area contributed by atoms with Gasteiger partial charge in [0.15, 0.2) is 12.1 Å². The summed E-state index contributed by atoms with van der Waals surface area (Å²) in [6.07, 6.45) is 1.10. The average Bonchev–Trinajstić information content (AvgIpc) is 3.88. The van der Waals surface area contributed by atoms with Crippen molar-refractivity contribution in [1.29, 1.82) is 0 Å². The fourth-order valence-corrected chi connectivity index (χ4v) is 5.90. The summed E-state index contributed by atoms with van der Waals surface area (Å²) < 4.78 is 30.4. The molecular weight excluding hydrogens is 604 g/mol. The van der Waals surface area contributed by atoms with E-state index < -0.39 is 12.4 Å². The molecule has 2 aromatic carbocycles. The fourth-order valence-electron chi connectivity index (χ4n) is 5.90. The standard InChI is InChI=1S/C34H40N6O7/c1-20(2)35-34(42)47-24-13-10-22(16-24)26-18-30(38-37-26)36-32(41)28-17-27(39-40(28)3)25-6-5-7-29(31(25)33-44-14-15-45-33)46-19-21-8-11-23(43-4)12-9-21/h5-9,11-12,17-18,20,22,24,33H,10,13-16,19H2,1-4H3,(H,35,42)(H2,36,37,38,41)/t22-,24+/m0/s1. The quantitative estimate of drug-likeness (QED) is 0.193. The van der Waals surface area contributed by atoms with Crippen LogP contribution in [-0.2, 0) is 27.9 Å². The van der Waals surface area contributed by atoms with Crippen molar-refractivity contribution in [2.75, 3.05) is 25.6 Å². The van der Waals surface area contributed by atoms with E-state index in [2.05, 4.69) is 25.9 Å². The zero-order valence-electron chi connectivity index (χ0n) is 26.9. The molecule has 2 aliphatic rings. The third kappa shape index (κ3) is 7.58. The summed E-state index contributed by atoms with van der Waals surface area (Å²) in [7, 11) is 3.35. The first-order valence-corrected chi connectivity index (χ1v) is 15.8. The first-order valence-electron chi connectivity index (χ1n) is 15.8.